The molecule has 1 aromatic rings. The van der Waals surface area contributed by atoms with Gasteiger partial charge in [-0.15, -0.1) is 0 Å². The molecule has 0 fully saturated rings. The fourth-order valence-corrected chi connectivity index (χ4v) is 9.28. The summed E-state index contributed by atoms with van der Waals surface area (Å²) in [7, 11) is -4.80. The molecule has 0 unspecified atom stereocenters. The number of benzene rings is 1. The molecule has 0 bridgehead atoms. The second-order valence-electron chi connectivity index (χ2n) is 18.6. The van der Waals surface area contributed by atoms with E-state index in [1.54, 1.807) is 12.2 Å². The lowest BCUT2D eigenvalue weighted by Gasteiger charge is -2.11. The van der Waals surface area contributed by atoms with Crippen LogP contribution in [0, 0.1) is 0 Å². The highest BCUT2D eigenvalue weighted by Gasteiger charge is 2.28. The molecule has 0 radical (unpaired) electrons. The molecule has 1 rings (SSSR count). The van der Waals surface area contributed by atoms with Crippen molar-refractivity contribution in [2.75, 3.05) is 13.2 Å². The molecule has 0 atom stereocenters. The Balaban J connectivity index is 2.15. The number of rotatable bonds is 47. The van der Waals surface area contributed by atoms with Crippen molar-refractivity contribution in [3.05, 3.63) is 53.6 Å². The lowest BCUT2D eigenvalue weighted by atomic mass is 10.0. The maximum Gasteiger partial charge on any atom is 0.340 e. The van der Waals surface area contributed by atoms with Gasteiger partial charge in [0.05, 0.1) is 11.1 Å². The monoisotopic (exact) mass is 915 g/mol. The molecule has 0 saturated heterocycles. The van der Waals surface area contributed by atoms with Gasteiger partial charge in [0.15, 0.2) is 0 Å². The zero-order valence-electron chi connectivity index (χ0n) is 41.5. The average Bonchev–Trinajstić information content (AvgIpc) is 3.28. The van der Waals surface area contributed by atoms with Gasteiger partial charge in [0.25, 0.3) is 10.1 Å². The summed E-state index contributed by atoms with van der Waals surface area (Å²) in [6, 6.07) is 3.69. The summed E-state index contributed by atoms with van der Waals surface area (Å²) in [5.74, 6) is -1.86. The minimum atomic E-state index is -4.80. The van der Waals surface area contributed by atoms with Crippen LogP contribution in [0.25, 0.3) is 0 Å². The van der Waals surface area contributed by atoms with E-state index in [9.17, 15) is 22.6 Å². The predicted molar refractivity (Wildman–Crippen MR) is 271 cm³/mol. The Morgan fingerprint density at radius 2 is 0.703 bits per heavy atom. The Bertz CT molecular complexity index is 1400. The summed E-state index contributed by atoms with van der Waals surface area (Å²) in [5.41, 5.74) is -0.773. The van der Waals surface area contributed by atoms with Crippen LogP contribution < -0.4 is 0 Å². The molecule has 8 heteroatoms. The van der Waals surface area contributed by atoms with Crippen LogP contribution in [0.15, 0.2) is 47.4 Å². The minimum Gasteiger partial charge on any atom is -0.458 e. The summed E-state index contributed by atoms with van der Waals surface area (Å²) in [5, 5.41) is 0. The first-order valence-electron chi connectivity index (χ1n) is 27.1. The normalized spacial score (nSPS) is 11.9. The molecular formula is C56H98O7S. The SMILES string of the molecule is CCCCCCCCCCCCCCCCCCCCC/C=C/COC(=O)c1cccc(S(=O)(=O)O)c1C(=O)OC/C=C/CCCCCCCCCCCCCCCCCCCCC. The molecule has 1 aromatic carbocycles. The molecule has 0 saturated carbocycles. The molecule has 0 aromatic heterocycles. The number of unbranched alkanes of at least 4 members (excludes halogenated alkanes) is 38. The summed E-state index contributed by atoms with van der Waals surface area (Å²) < 4.78 is 44.8. The average molecular weight is 915 g/mol. The number of esters is 2. The zero-order valence-corrected chi connectivity index (χ0v) is 42.4. The smallest absolute Gasteiger partial charge is 0.340 e. The molecule has 0 aliphatic carbocycles. The molecule has 1 N–H and O–H groups in total. The fourth-order valence-electron chi connectivity index (χ4n) is 8.58. The molecule has 7 nitrogen and oxygen atoms in total. The van der Waals surface area contributed by atoms with Crippen molar-refractivity contribution >= 4 is 22.1 Å². The highest BCUT2D eigenvalue weighted by molar-refractivity contribution is 7.86. The van der Waals surface area contributed by atoms with Crippen molar-refractivity contribution in [2.45, 2.75) is 276 Å². The van der Waals surface area contributed by atoms with Gasteiger partial charge in [-0.05, 0) is 37.8 Å². The number of hydrogen-bond acceptors (Lipinski definition) is 6. The third-order valence-electron chi connectivity index (χ3n) is 12.6. The predicted octanol–water partition coefficient (Wildman–Crippen LogP) is 18.0. The molecule has 0 amide bonds. The number of hydrogen-bond donors (Lipinski definition) is 1. The van der Waals surface area contributed by atoms with Crippen molar-refractivity contribution in [3.8, 4) is 0 Å². The van der Waals surface area contributed by atoms with Crippen molar-refractivity contribution < 1.29 is 32.0 Å². The first-order chi connectivity index (χ1) is 31.3. The molecule has 0 aliphatic heterocycles. The second kappa shape index (κ2) is 44.4. The topological polar surface area (TPSA) is 107 Å². The Kier molecular flexibility index (Phi) is 41.3. The van der Waals surface area contributed by atoms with Gasteiger partial charge < -0.3 is 9.47 Å². The van der Waals surface area contributed by atoms with Crippen molar-refractivity contribution in [1.29, 1.82) is 0 Å². The van der Waals surface area contributed by atoms with Gasteiger partial charge in [-0.1, -0.05) is 275 Å². The van der Waals surface area contributed by atoms with Crippen LogP contribution in [0.1, 0.15) is 291 Å². The van der Waals surface area contributed by atoms with Gasteiger partial charge in [0.1, 0.15) is 18.1 Å². The fraction of sp³-hybridized carbons (Fsp3) is 0.786. The minimum absolute atomic E-state index is 0.00916. The van der Waals surface area contributed by atoms with Crippen LogP contribution in [0.2, 0.25) is 0 Å². The first kappa shape index (κ1) is 59.6. The highest BCUT2D eigenvalue weighted by atomic mass is 32.2. The number of ether oxygens (including phenoxy) is 2. The van der Waals surface area contributed by atoms with Crippen LogP contribution in [0.5, 0.6) is 0 Å². The standard InChI is InChI=1S/C56H98O7S/c1-3-5-7-9-11-13-15-17-19-21-23-25-27-29-31-33-35-37-39-41-43-45-50-62-55(57)52-48-47-49-53(64(59,60)61)54(52)56(58)63-51-46-44-42-40-38-36-34-32-30-28-26-24-22-20-18-16-14-12-10-8-6-4-2/h43-49H,3-42,50-51H2,1-2H3,(H,59,60,61)/b45-43+,46-44+. The van der Waals surface area contributed by atoms with Gasteiger partial charge in [0, 0.05) is 0 Å². The molecule has 64 heavy (non-hydrogen) atoms. The van der Waals surface area contributed by atoms with Crippen LogP contribution in [0.3, 0.4) is 0 Å². The second-order valence-corrected chi connectivity index (χ2v) is 20.0. The Morgan fingerprint density at radius 1 is 0.422 bits per heavy atom. The van der Waals surface area contributed by atoms with E-state index in [0.717, 1.165) is 38.2 Å². The van der Waals surface area contributed by atoms with Crippen molar-refractivity contribution in [2.24, 2.45) is 0 Å². The molecule has 0 heterocycles. The maximum absolute atomic E-state index is 13.1. The van der Waals surface area contributed by atoms with E-state index >= 15 is 0 Å². The van der Waals surface area contributed by atoms with E-state index in [2.05, 4.69) is 13.8 Å². The zero-order chi connectivity index (χ0) is 46.4. The first-order valence-corrected chi connectivity index (χ1v) is 28.5. The van der Waals surface area contributed by atoms with E-state index in [-0.39, 0.29) is 18.8 Å². The maximum atomic E-state index is 13.1. The van der Waals surface area contributed by atoms with Crippen LogP contribution >= 0.6 is 0 Å². The van der Waals surface area contributed by atoms with Crippen LogP contribution in [0.4, 0.5) is 0 Å². The van der Waals surface area contributed by atoms with Crippen molar-refractivity contribution in [3.63, 3.8) is 0 Å². The summed E-state index contributed by atoms with van der Waals surface area (Å²) >= 11 is 0. The van der Waals surface area contributed by atoms with E-state index in [0.29, 0.717) is 0 Å². The van der Waals surface area contributed by atoms with Gasteiger partial charge in [0.2, 0.25) is 0 Å². The third kappa shape index (κ3) is 35.8. The van der Waals surface area contributed by atoms with Gasteiger partial charge in [-0.25, -0.2) is 9.59 Å². The van der Waals surface area contributed by atoms with Crippen molar-refractivity contribution in [1.82, 2.24) is 0 Å². The van der Waals surface area contributed by atoms with Crippen LogP contribution in [-0.4, -0.2) is 38.1 Å². The van der Waals surface area contributed by atoms with E-state index < -0.39 is 32.5 Å². The van der Waals surface area contributed by atoms with E-state index in [1.165, 1.54) is 237 Å². The summed E-state index contributed by atoms with van der Waals surface area (Å²) in [6.07, 6.45) is 60.3. The number of carbonyl (C=O) groups is 2. The Morgan fingerprint density at radius 3 is 1.00 bits per heavy atom. The lowest BCUT2D eigenvalue weighted by Crippen LogP contribution is -2.18. The van der Waals surface area contributed by atoms with Gasteiger partial charge >= 0.3 is 11.9 Å². The number of allylic oxidation sites excluding steroid dienone is 2. The number of carbonyl (C=O) groups excluding carboxylic acids is 2. The highest BCUT2D eigenvalue weighted by Crippen LogP contribution is 2.23. The molecular weight excluding hydrogens is 817 g/mol. The Labute approximate surface area is 394 Å². The quantitative estimate of drug-likeness (QED) is 0.0300. The van der Waals surface area contributed by atoms with Gasteiger partial charge in [-0.2, -0.15) is 8.42 Å². The van der Waals surface area contributed by atoms with E-state index in [4.69, 9.17) is 9.47 Å². The molecule has 0 spiro atoms. The van der Waals surface area contributed by atoms with Crippen LogP contribution in [-0.2, 0) is 19.6 Å². The van der Waals surface area contributed by atoms with Gasteiger partial charge in [-0.3, -0.25) is 4.55 Å². The molecule has 0 aliphatic rings. The Hall–Kier alpha value is -2.45. The molecule has 370 valence electrons. The lowest BCUT2D eigenvalue weighted by molar-refractivity contribution is 0.0499. The van der Waals surface area contributed by atoms with E-state index in [1.807, 2.05) is 12.2 Å². The summed E-state index contributed by atoms with van der Waals surface area (Å²) in [6.45, 7) is 4.47. The third-order valence-corrected chi connectivity index (χ3v) is 13.5. The largest absolute Gasteiger partial charge is 0.458 e. The summed E-state index contributed by atoms with van der Waals surface area (Å²) in [4.78, 5) is 25.4.